The monoisotopic (exact) mass is 544 g/mol. The summed E-state index contributed by atoms with van der Waals surface area (Å²) < 4.78 is 99.2. The van der Waals surface area contributed by atoms with Crippen LogP contribution in [-0.4, -0.2) is 22.0 Å². The number of alkyl halides is 6. The van der Waals surface area contributed by atoms with Crippen LogP contribution in [0.3, 0.4) is 0 Å². The van der Waals surface area contributed by atoms with Crippen LogP contribution in [0.15, 0.2) is 48.4 Å². The number of carbonyl (C=O) groups is 1. The number of hydrogen-bond acceptors (Lipinski definition) is 4. The summed E-state index contributed by atoms with van der Waals surface area (Å²) in [4.78, 5) is 18.2. The van der Waals surface area contributed by atoms with E-state index >= 15 is 0 Å². The van der Waals surface area contributed by atoms with Gasteiger partial charge in [-0.25, -0.2) is 14.2 Å². The SMILES string of the molecule is C=C(C)c1csc(-c2ccc(C(F)(F)F)cc2CN2C(=O)O[C@H](c3cc(F)cc(C(F)(F)F)c3)[C@@H]2C)n1. The van der Waals surface area contributed by atoms with Gasteiger partial charge in [-0.15, -0.1) is 11.3 Å². The molecule has 1 amide bonds. The molecule has 0 aliphatic carbocycles. The Kier molecular flexibility index (Phi) is 6.82. The maximum absolute atomic E-state index is 14.0. The number of aromatic nitrogens is 1. The number of nitrogens with zero attached hydrogens (tertiary/aromatic N) is 2. The number of benzene rings is 2. The van der Waals surface area contributed by atoms with Gasteiger partial charge in [-0.05, 0) is 60.9 Å². The Bertz CT molecular complexity index is 1360. The minimum Gasteiger partial charge on any atom is -0.439 e. The molecule has 0 spiro atoms. The Morgan fingerprint density at radius 2 is 1.76 bits per heavy atom. The molecule has 0 unspecified atom stereocenters. The average Bonchev–Trinajstić information content (AvgIpc) is 3.38. The highest BCUT2D eigenvalue weighted by Crippen LogP contribution is 2.40. The van der Waals surface area contributed by atoms with Gasteiger partial charge in [0.15, 0.2) is 0 Å². The van der Waals surface area contributed by atoms with Crippen LogP contribution >= 0.6 is 11.3 Å². The van der Waals surface area contributed by atoms with Crippen molar-refractivity contribution < 1.29 is 40.3 Å². The average molecular weight is 544 g/mol. The Labute approximate surface area is 211 Å². The lowest BCUT2D eigenvalue weighted by Crippen LogP contribution is -2.31. The van der Waals surface area contributed by atoms with E-state index in [1.807, 2.05) is 0 Å². The van der Waals surface area contributed by atoms with Gasteiger partial charge in [-0.3, -0.25) is 4.90 Å². The van der Waals surface area contributed by atoms with E-state index in [2.05, 4.69) is 11.6 Å². The molecule has 1 fully saturated rings. The zero-order valence-electron chi connectivity index (χ0n) is 19.4. The largest absolute Gasteiger partial charge is 0.439 e. The fourth-order valence-electron chi connectivity index (χ4n) is 3.99. The molecule has 4 rings (SSSR count). The molecule has 0 bridgehead atoms. The molecule has 37 heavy (non-hydrogen) atoms. The third kappa shape index (κ3) is 5.48. The Hall–Kier alpha value is -3.41. The zero-order valence-corrected chi connectivity index (χ0v) is 20.2. The molecule has 0 saturated carbocycles. The number of rotatable bonds is 5. The van der Waals surface area contributed by atoms with E-state index in [4.69, 9.17) is 4.74 Å². The highest BCUT2D eigenvalue weighted by Gasteiger charge is 2.42. The molecule has 2 heterocycles. The minimum atomic E-state index is -4.83. The second-order valence-electron chi connectivity index (χ2n) is 8.63. The first-order valence-corrected chi connectivity index (χ1v) is 11.7. The van der Waals surface area contributed by atoms with Crippen LogP contribution < -0.4 is 0 Å². The molecule has 1 aromatic heterocycles. The van der Waals surface area contributed by atoms with Crippen molar-refractivity contribution in [2.24, 2.45) is 0 Å². The van der Waals surface area contributed by atoms with Crippen molar-refractivity contribution in [2.45, 2.75) is 44.9 Å². The van der Waals surface area contributed by atoms with Crippen molar-refractivity contribution >= 4 is 23.0 Å². The van der Waals surface area contributed by atoms with Gasteiger partial charge >= 0.3 is 18.4 Å². The fourth-order valence-corrected chi connectivity index (χ4v) is 4.94. The molecule has 3 aromatic rings. The summed E-state index contributed by atoms with van der Waals surface area (Å²) in [6.07, 6.45) is -11.7. The van der Waals surface area contributed by atoms with Gasteiger partial charge in [-0.1, -0.05) is 12.6 Å². The number of halogens is 7. The topological polar surface area (TPSA) is 42.4 Å². The number of hydrogen-bond donors (Lipinski definition) is 0. The Balaban J connectivity index is 1.71. The standard InChI is InChI=1S/C25H19F7N2O2S/c1-12(2)20-11-37-22(33-20)19-5-4-16(24(27,28)29)7-15(19)10-34-13(3)21(36-23(34)35)14-6-17(25(30,31)32)9-18(26)8-14/h4-9,11,13,21H,1,10H2,2-3H3/t13-,21-/m0/s1. The first-order chi connectivity index (χ1) is 17.1. The maximum Gasteiger partial charge on any atom is 0.416 e. The molecule has 0 radical (unpaired) electrons. The smallest absolute Gasteiger partial charge is 0.416 e. The van der Waals surface area contributed by atoms with Gasteiger partial charge in [-0.2, -0.15) is 26.3 Å². The van der Waals surface area contributed by atoms with Gasteiger partial charge in [0.05, 0.1) is 29.4 Å². The Morgan fingerprint density at radius 3 is 2.35 bits per heavy atom. The zero-order chi connectivity index (χ0) is 27.3. The predicted molar refractivity (Wildman–Crippen MR) is 123 cm³/mol. The van der Waals surface area contributed by atoms with Crippen LogP contribution in [0.2, 0.25) is 0 Å². The van der Waals surface area contributed by atoms with Gasteiger partial charge in [0.1, 0.15) is 16.9 Å². The van der Waals surface area contributed by atoms with Crippen LogP contribution in [0.1, 0.15) is 47.9 Å². The third-order valence-electron chi connectivity index (χ3n) is 5.91. The van der Waals surface area contributed by atoms with E-state index in [9.17, 15) is 35.5 Å². The fraction of sp³-hybridized carbons (Fsp3) is 0.280. The molecule has 12 heteroatoms. The molecule has 196 valence electrons. The summed E-state index contributed by atoms with van der Waals surface area (Å²) in [7, 11) is 0. The molecule has 0 N–H and O–H groups in total. The van der Waals surface area contributed by atoms with Crippen LogP contribution in [0.25, 0.3) is 16.1 Å². The molecular weight excluding hydrogens is 525 g/mol. The summed E-state index contributed by atoms with van der Waals surface area (Å²) in [5, 5.41) is 2.10. The summed E-state index contributed by atoms with van der Waals surface area (Å²) in [5.74, 6) is -1.16. The van der Waals surface area contributed by atoms with Crippen molar-refractivity contribution in [3.63, 3.8) is 0 Å². The maximum atomic E-state index is 14.0. The molecule has 4 nitrogen and oxygen atoms in total. The highest BCUT2D eigenvalue weighted by molar-refractivity contribution is 7.13. The quantitative estimate of drug-likeness (QED) is 0.305. The van der Waals surface area contributed by atoms with Crippen molar-refractivity contribution in [3.8, 4) is 10.6 Å². The van der Waals surface area contributed by atoms with Crippen molar-refractivity contribution in [1.29, 1.82) is 0 Å². The number of ether oxygens (including phenoxy) is 1. The predicted octanol–water partition coefficient (Wildman–Crippen LogP) is 8.10. The third-order valence-corrected chi connectivity index (χ3v) is 6.79. The molecule has 2 atom stereocenters. The summed E-state index contributed by atoms with van der Waals surface area (Å²) in [6.45, 7) is 6.64. The van der Waals surface area contributed by atoms with Crippen molar-refractivity contribution in [3.05, 3.63) is 82.1 Å². The Morgan fingerprint density at radius 1 is 1.08 bits per heavy atom. The molecular formula is C25H19F7N2O2S. The van der Waals surface area contributed by atoms with Gasteiger partial charge in [0, 0.05) is 10.9 Å². The molecule has 2 aromatic carbocycles. The summed E-state index contributed by atoms with van der Waals surface area (Å²) >= 11 is 1.18. The van der Waals surface area contributed by atoms with Gasteiger partial charge in [0.2, 0.25) is 0 Å². The van der Waals surface area contributed by atoms with Gasteiger partial charge < -0.3 is 4.74 Å². The van der Waals surface area contributed by atoms with E-state index in [1.54, 1.807) is 12.3 Å². The number of thiazole rings is 1. The number of cyclic esters (lactones) is 1. The van der Waals surface area contributed by atoms with E-state index in [-0.39, 0.29) is 17.7 Å². The number of carbonyl (C=O) groups excluding carboxylic acids is 1. The van der Waals surface area contributed by atoms with E-state index in [0.717, 1.165) is 23.1 Å². The molecule has 1 saturated heterocycles. The summed E-state index contributed by atoms with van der Waals surface area (Å²) in [5.41, 5.74) is -0.737. The van der Waals surface area contributed by atoms with Crippen LogP contribution in [0, 0.1) is 5.82 Å². The second-order valence-corrected chi connectivity index (χ2v) is 9.49. The lowest BCUT2D eigenvalue weighted by molar-refractivity contribution is -0.138. The molecule has 1 aliphatic rings. The van der Waals surface area contributed by atoms with Crippen LogP contribution in [-0.2, 0) is 23.6 Å². The van der Waals surface area contributed by atoms with E-state index in [1.165, 1.54) is 24.3 Å². The highest BCUT2D eigenvalue weighted by atomic mass is 32.1. The summed E-state index contributed by atoms with van der Waals surface area (Å²) in [6, 6.07) is 3.98. The first kappa shape index (κ1) is 26.6. The first-order valence-electron chi connectivity index (χ1n) is 10.8. The normalized spacial score (nSPS) is 18.3. The minimum absolute atomic E-state index is 0.108. The lowest BCUT2D eigenvalue weighted by atomic mass is 9.99. The van der Waals surface area contributed by atoms with Crippen molar-refractivity contribution in [2.75, 3.05) is 0 Å². The van der Waals surface area contributed by atoms with E-state index in [0.29, 0.717) is 34.0 Å². The lowest BCUT2D eigenvalue weighted by Gasteiger charge is -2.23. The van der Waals surface area contributed by atoms with Gasteiger partial charge in [0.25, 0.3) is 0 Å². The van der Waals surface area contributed by atoms with Crippen molar-refractivity contribution in [1.82, 2.24) is 9.88 Å². The van der Waals surface area contributed by atoms with E-state index < -0.39 is 47.5 Å². The number of allylic oxidation sites excluding steroid dienone is 1. The number of amides is 1. The van der Waals surface area contributed by atoms with Crippen LogP contribution in [0.4, 0.5) is 35.5 Å². The van der Waals surface area contributed by atoms with Crippen LogP contribution in [0.5, 0.6) is 0 Å². The molecule has 1 aliphatic heterocycles. The second kappa shape index (κ2) is 9.47.